The second-order valence-corrected chi connectivity index (χ2v) is 5.21. The summed E-state index contributed by atoms with van der Waals surface area (Å²) in [6.07, 6.45) is 1.61. The summed E-state index contributed by atoms with van der Waals surface area (Å²) in [5, 5.41) is 7.72. The highest BCUT2D eigenvalue weighted by atomic mass is 35.5. The Bertz CT molecular complexity index is 451. The minimum absolute atomic E-state index is 0.535. The first-order chi connectivity index (χ1) is 9.69. The van der Waals surface area contributed by atoms with Crippen molar-refractivity contribution in [2.45, 2.75) is 6.54 Å². The Kier molecular flexibility index (Phi) is 5.43. The van der Waals surface area contributed by atoms with E-state index < -0.39 is 0 Å². The molecular formula is C13H20ClN5O. The van der Waals surface area contributed by atoms with E-state index in [1.807, 2.05) is 6.07 Å². The molecule has 1 aliphatic heterocycles. The first-order valence-electron chi connectivity index (χ1n) is 6.59. The summed E-state index contributed by atoms with van der Waals surface area (Å²) in [6.45, 7) is 8.81. The van der Waals surface area contributed by atoms with E-state index in [0.717, 1.165) is 44.4 Å². The highest BCUT2D eigenvalue weighted by molar-refractivity contribution is 6.29. The van der Waals surface area contributed by atoms with Crippen LogP contribution in [0.2, 0.25) is 0 Å². The Morgan fingerprint density at radius 3 is 2.80 bits per heavy atom. The molecule has 0 bridgehead atoms. The van der Waals surface area contributed by atoms with Gasteiger partial charge in [-0.05, 0) is 0 Å². The molecule has 1 aromatic rings. The third-order valence-corrected chi connectivity index (χ3v) is 3.33. The smallest absolute Gasteiger partial charge is 0.194 e. The van der Waals surface area contributed by atoms with Crippen LogP contribution in [0.4, 0.5) is 0 Å². The van der Waals surface area contributed by atoms with Crippen LogP contribution in [0.25, 0.3) is 0 Å². The molecule has 110 valence electrons. The molecule has 20 heavy (non-hydrogen) atoms. The molecule has 0 aromatic carbocycles. The van der Waals surface area contributed by atoms with Crippen LogP contribution in [0.1, 0.15) is 5.69 Å². The Morgan fingerprint density at radius 2 is 2.25 bits per heavy atom. The van der Waals surface area contributed by atoms with Crippen LogP contribution < -0.4 is 5.32 Å². The summed E-state index contributed by atoms with van der Waals surface area (Å²) >= 11 is 5.77. The van der Waals surface area contributed by atoms with E-state index in [9.17, 15) is 0 Å². The van der Waals surface area contributed by atoms with Crippen molar-refractivity contribution >= 4 is 17.6 Å². The third kappa shape index (κ3) is 4.25. The SMILES string of the molecule is C=C(Cl)CNC(=NC)N1CCN(Cc2ccon2)CC1. The van der Waals surface area contributed by atoms with Gasteiger partial charge in [0.15, 0.2) is 5.96 Å². The van der Waals surface area contributed by atoms with Crippen LogP contribution in [0.5, 0.6) is 0 Å². The van der Waals surface area contributed by atoms with Gasteiger partial charge in [-0.2, -0.15) is 0 Å². The summed E-state index contributed by atoms with van der Waals surface area (Å²) in [5.41, 5.74) is 0.972. The van der Waals surface area contributed by atoms with Crippen LogP contribution >= 0.6 is 11.6 Å². The van der Waals surface area contributed by atoms with E-state index in [1.54, 1.807) is 13.3 Å². The zero-order chi connectivity index (χ0) is 14.4. The molecule has 0 amide bonds. The molecule has 0 unspecified atom stereocenters. The predicted octanol–water partition coefficient (Wildman–Crippen LogP) is 1.12. The first-order valence-corrected chi connectivity index (χ1v) is 6.97. The molecular weight excluding hydrogens is 278 g/mol. The Hall–Kier alpha value is -1.53. The minimum atomic E-state index is 0.535. The fraction of sp³-hybridized carbons (Fsp3) is 0.538. The van der Waals surface area contributed by atoms with Crippen LogP contribution in [-0.2, 0) is 6.54 Å². The number of hydrogen-bond donors (Lipinski definition) is 1. The van der Waals surface area contributed by atoms with Gasteiger partial charge in [0.1, 0.15) is 6.26 Å². The van der Waals surface area contributed by atoms with Gasteiger partial charge in [0.25, 0.3) is 0 Å². The molecule has 0 atom stereocenters. The summed E-state index contributed by atoms with van der Waals surface area (Å²) in [7, 11) is 1.78. The fourth-order valence-corrected chi connectivity index (χ4v) is 2.24. The number of aliphatic imine (C=N–C) groups is 1. The number of rotatable bonds is 4. The molecule has 0 spiro atoms. The van der Waals surface area contributed by atoms with Crippen molar-refractivity contribution in [3.63, 3.8) is 0 Å². The van der Waals surface area contributed by atoms with Crippen molar-refractivity contribution in [3.8, 4) is 0 Å². The topological polar surface area (TPSA) is 56.9 Å². The number of nitrogens with zero attached hydrogens (tertiary/aromatic N) is 4. The molecule has 7 heteroatoms. The molecule has 0 aliphatic carbocycles. The maximum Gasteiger partial charge on any atom is 0.194 e. The molecule has 2 rings (SSSR count). The zero-order valence-electron chi connectivity index (χ0n) is 11.7. The lowest BCUT2D eigenvalue weighted by Gasteiger charge is -2.36. The lowest BCUT2D eigenvalue weighted by molar-refractivity contribution is 0.169. The quantitative estimate of drug-likeness (QED) is 0.667. The van der Waals surface area contributed by atoms with Crippen molar-refractivity contribution in [2.75, 3.05) is 39.8 Å². The van der Waals surface area contributed by atoms with Crippen molar-refractivity contribution in [1.82, 2.24) is 20.3 Å². The molecule has 2 heterocycles. The van der Waals surface area contributed by atoms with E-state index in [1.165, 1.54) is 0 Å². The Morgan fingerprint density at radius 1 is 1.50 bits per heavy atom. The number of nitrogens with one attached hydrogen (secondary N) is 1. The van der Waals surface area contributed by atoms with Crippen molar-refractivity contribution in [1.29, 1.82) is 0 Å². The third-order valence-electron chi connectivity index (χ3n) is 3.20. The molecule has 1 N–H and O–H groups in total. The number of aromatic nitrogens is 1. The molecule has 1 aromatic heterocycles. The molecule has 0 radical (unpaired) electrons. The summed E-state index contributed by atoms with van der Waals surface area (Å²) in [4.78, 5) is 8.84. The number of hydrogen-bond acceptors (Lipinski definition) is 4. The lowest BCUT2D eigenvalue weighted by Crippen LogP contribution is -2.52. The molecule has 0 saturated carbocycles. The van der Waals surface area contributed by atoms with Crippen molar-refractivity contribution in [2.24, 2.45) is 4.99 Å². The van der Waals surface area contributed by atoms with Crippen LogP contribution in [-0.4, -0.2) is 60.7 Å². The van der Waals surface area contributed by atoms with E-state index >= 15 is 0 Å². The monoisotopic (exact) mass is 297 g/mol. The average molecular weight is 298 g/mol. The number of halogens is 1. The van der Waals surface area contributed by atoms with E-state index in [4.69, 9.17) is 16.1 Å². The largest absolute Gasteiger partial charge is 0.364 e. The van der Waals surface area contributed by atoms with Gasteiger partial charge in [0, 0.05) is 50.9 Å². The van der Waals surface area contributed by atoms with E-state index in [2.05, 4.69) is 31.8 Å². The molecule has 1 aliphatic rings. The average Bonchev–Trinajstić information content (AvgIpc) is 2.94. The highest BCUT2D eigenvalue weighted by Gasteiger charge is 2.20. The lowest BCUT2D eigenvalue weighted by atomic mass is 10.3. The van der Waals surface area contributed by atoms with Gasteiger partial charge in [-0.3, -0.25) is 9.89 Å². The fourth-order valence-electron chi connectivity index (χ4n) is 2.17. The Labute approximate surface area is 124 Å². The predicted molar refractivity (Wildman–Crippen MR) is 79.7 cm³/mol. The Balaban J connectivity index is 1.79. The normalized spacial score (nSPS) is 17.3. The molecule has 1 saturated heterocycles. The maximum absolute atomic E-state index is 5.77. The van der Waals surface area contributed by atoms with Crippen molar-refractivity contribution < 1.29 is 4.52 Å². The minimum Gasteiger partial charge on any atom is -0.364 e. The van der Waals surface area contributed by atoms with Gasteiger partial charge in [-0.1, -0.05) is 23.3 Å². The van der Waals surface area contributed by atoms with Crippen molar-refractivity contribution in [3.05, 3.63) is 29.6 Å². The summed E-state index contributed by atoms with van der Waals surface area (Å²) in [6, 6.07) is 1.90. The second kappa shape index (κ2) is 7.31. The number of piperazine rings is 1. The van der Waals surface area contributed by atoms with Gasteiger partial charge in [0.05, 0.1) is 12.2 Å². The van der Waals surface area contributed by atoms with Gasteiger partial charge in [0.2, 0.25) is 0 Å². The van der Waals surface area contributed by atoms with Crippen LogP contribution in [0.15, 0.2) is 33.5 Å². The first kappa shape index (κ1) is 14.9. The van der Waals surface area contributed by atoms with Gasteiger partial charge >= 0.3 is 0 Å². The molecule has 1 fully saturated rings. The van der Waals surface area contributed by atoms with Gasteiger partial charge in [-0.15, -0.1) is 0 Å². The maximum atomic E-state index is 5.77. The van der Waals surface area contributed by atoms with Gasteiger partial charge in [-0.25, -0.2) is 0 Å². The zero-order valence-corrected chi connectivity index (χ0v) is 12.4. The standard InChI is InChI=1S/C13H20ClN5O/c1-11(14)9-16-13(15-2)19-6-4-18(5-7-19)10-12-3-8-20-17-12/h3,8H,1,4-7,9-10H2,2H3,(H,15,16). The second-order valence-electron chi connectivity index (χ2n) is 4.67. The molecule has 6 nitrogen and oxygen atoms in total. The summed E-state index contributed by atoms with van der Waals surface area (Å²) in [5.74, 6) is 0.868. The number of guanidine groups is 1. The van der Waals surface area contributed by atoms with Gasteiger partial charge < -0.3 is 14.7 Å². The van der Waals surface area contributed by atoms with E-state index in [0.29, 0.717) is 11.6 Å². The van der Waals surface area contributed by atoms with Crippen LogP contribution in [0, 0.1) is 0 Å². The van der Waals surface area contributed by atoms with Crippen LogP contribution in [0.3, 0.4) is 0 Å². The van der Waals surface area contributed by atoms with E-state index in [-0.39, 0.29) is 0 Å². The summed E-state index contributed by atoms with van der Waals surface area (Å²) < 4.78 is 4.85. The highest BCUT2D eigenvalue weighted by Crippen LogP contribution is 2.07.